The van der Waals surface area contributed by atoms with Crippen LogP contribution in [0.1, 0.15) is 21.7 Å². The molecular weight excluding hydrogens is 386 g/mol. The molecule has 0 radical (unpaired) electrons. The maximum atomic E-state index is 12.3. The number of carboxylic acid groups (broad SMARTS) is 1. The molecule has 0 aliphatic heterocycles. The van der Waals surface area contributed by atoms with E-state index < -0.39 is 5.97 Å². The first-order chi connectivity index (χ1) is 14.1. The molecule has 4 rings (SSSR count). The number of halogens is 1. The Morgan fingerprint density at radius 1 is 1.00 bits per heavy atom. The second kappa shape index (κ2) is 8.39. The zero-order valence-electron chi connectivity index (χ0n) is 15.5. The number of aromatic nitrogens is 2. The summed E-state index contributed by atoms with van der Waals surface area (Å²) in [4.78, 5) is 21.2. The van der Waals surface area contributed by atoms with Crippen molar-refractivity contribution in [2.75, 3.05) is 0 Å². The number of carbonyl (C=O) groups is 1. The van der Waals surface area contributed by atoms with Crippen molar-refractivity contribution in [3.05, 3.63) is 94.9 Å². The van der Waals surface area contributed by atoms with Gasteiger partial charge in [0.1, 0.15) is 0 Å². The van der Waals surface area contributed by atoms with E-state index in [9.17, 15) is 9.90 Å². The van der Waals surface area contributed by atoms with Gasteiger partial charge in [-0.15, -0.1) is 0 Å². The van der Waals surface area contributed by atoms with Crippen LogP contribution in [-0.4, -0.2) is 21.0 Å². The molecule has 4 aromatic rings. The summed E-state index contributed by atoms with van der Waals surface area (Å²) in [5.41, 5.74) is 3.67. The van der Waals surface area contributed by atoms with E-state index in [1.165, 1.54) is 0 Å². The van der Waals surface area contributed by atoms with Crippen LogP contribution in [0.25, 0.3) is 22.0 Å². The maximum absolute atomic E-state index is 12.3. The Morgan fingerprint density at radius 3 is 2.52 bits per heavy atom. The average Bonchev–Trinajstić information content (AvgIpc) is 2.74. The van der Waals surface area contributed by atoms with Crippen LogP contribution in [0.15, 0.2) is 72.9 Å². The fourth-order valence-electron chi connectivity index (χ4n) is 3.36. The molecule has 0 saturated heterocycles. The third-order valence-electron chi connectivity index (χ3n) is 4.62. The number of benzene rings is 2. The summed E-state index contributed by atoms with van der Waals surface area (Å²) in [6.07, 6.45) is 1.73. The minimum atomic E-state index is -1.02. The zero-order chi connectivity index (χ0) is 20.2. The molecular formula is C23H18ClN3O2. The summed E-state index contributed by atoms with van der Waals surface area (Å²) in [6.45, 7) is 0.817. The molecule has 0 saturated carbocycles. The standard InChI is InChI=1S/C23H18ClN3O2/c24-16-9-10-19-18(12-16)21(15-6-2-1-3-7-15)22(23(28)29)20(27-19)14-25-13-17-8-4-5-11-26-17/h1-12,25H,13-14H2,(H,28,29). The van der Waals surface area contributed by atoms with Gasteiger partial charge >= 0.3 is 5.97 Å². The first kappa shape index (κ1) is 19.1. The van der Waals surface area contributed by atoms with Gasteiger partial charge in [0, 0.05) is 35.3 Å². The van der Waals surface area contributed by atoms with Crippen LogP contribution in [0.5, 0.6) is 0 Å². The van der Waals surface area contributed by atoms with Crippen LogP contribution in [0.4, 0.5) is 0 Å². The quantitative estimate of drug-likeness (QED) is 0.477. The van der Waals surface area contributed by atoms with Crippen LogP contribution in [-0.2, 0) is 13.1 Å². The van der Waals surface area contributed by atoms with Gasteiger partial charge in [-0.2, -0.15) is 0 Å². The van der Waals surface area contributed by atoms with Gasteiger partial charge < -0.3 is 10.4 Å². The fraction of sp³-hybridized carbons (Fsp3) is 0.0870. The molecule has 0 fully saturated rings. The van der Waals surface area contributed by atoms with Crippen LogP contribution in [0.2, 0.25) is 5.02 Å². The van der Waals surface area contributed by atoms with Crippen molar-refractivity contribution in [3.8, 4) is 11.1 Å². The molecule has 2 heterocycles. The first-order valence-corrected chi connectivity index (χ1v) is 9.53. The molecule has 0 amide bonds. The Balaban J connectivity index is 1.82. The number of fused-ring (bicyclic) bond motifs is 1. The third-order valence-corrected chi connectivity index (χ3v) is 4.86. The van der Waals surface area contributed by atoms with Crippen LogP contribution in [0.3, 0.4) is 0 Å². The van der Waals surface area contributed by atoms with Gasteiger partial charge in [-0.05, 0) is 35.9 Å². The van der Waals surface area contributed by atoms with Gasteiger partial charge in [-0.25, -0.2) is 4.79 Å². The van der Waals surface area contributed by atoms with Crippen molar-refractivity contribution in [1.82, 2.24) is 15.3 Å². The van der Waals surface area contributed by atoms with Crippen LogP contribution >= 0.6 is 11.6 Å². The summed E-state index contributed by atoms with van der Waals surface area (Å²) >= 11 is 6.21. The van der Waals surface area contributed by atoms with Crippen molar-refractivity contribution in [2.24, 2.45) is 0 Å². The largest absolute Gasteiger partial charge is 0.478 e. The van der Waals surface area contributed by atoms with E-state index in [1.54, 1.807) is 18.3 Å². The highest BCUT2D eigenvalue weighted by Gasteiger charge is 2.22. The Labute approximate surface area is 173 Å². The molecule has 0 unspecified atom stereocenters. The predicted octanol–water partition coefficient (Wildman–Crippen LogP) is 4.94. The van der Waals surface area contributed by atoms with E-state index in [1.807, 2.05) is 54.6 Å². The number of carboxylic acids is 1. The van der Waals surface area contributed by atoms with E-state index in [-0.39, 0.29) is 5.56 Å². The average molecular weight is 404 g/mol. The van der Waals surface area contributed by atoms with Crippen molar-refractivity contribution in [1.29, 1.82) is 0 Å². The maximum Gasteiger partial charge on any atom is 0.338 e. The van der Waals surface area contributed by atoms with E-state index in [0.29, 0.717) is 34.9 Å². The number of nitrogens with one attached hydrogen (secondary N) is 1. The number of aromatic carboxylic acids is 1. The highest BCUT2D eigenvalue weighted by molar-refractivity contribution is 6.31. The SMILES string of the molecule is O=C(O)c1c(CNCc2ccccn2)nc2ccc(Cl)cc2c1-c1ccccc1. The van der Waals surface area contributed by atoms with Gasteiger partial charge in [0.15, 0.2) is 0 Å². The Kier molecular flexibility index (Phi) is 5.51. The van der Waals surface area contributed by atoms with Gasteiger partial charge in [-0.3, -0.25) is 9.97 Å². The molecule has 0 spiro atoms. The number of rotatable bonds is 6. The zero-order valence-corrected chi connectivity index (χ0v) is 16.2. The Morgan fingerprint density at radius 2 is 1.79 bits per heavy atom. The molecule has 2 aromatic heterocycles. The molecule has 5 nitrogen and oxygen atoms in total. The van der Waals surface area contributed by atoms with Crippen molar-refractivity contribution < 1.29 is 9.90 Å². The summed E-state index contributed by atoms with van der Waals surface area (Å²) in [7, 11) is 0. The summed E-state index contributed by atoms with van der Waals surface area (Å²) in [6, 6.07) is 20.5. The van der Waals surface area contributed by atoms with E-state index in [4.69, 9.17) is 11.6 Å². The normalized spacial score (nSPS) is 10.9. The number of hydrogen-bond donors (Lipinski definition) is 2. The highest BCUT2D eigenvalue weighted by Crippen LogP contribution is 2.34. The van der Waals surface area contributed by atoms with Crippen LogP contribution < -0.4 is 5.32 Å². The van der Waals surface area contributed by atoms with E-state index in [2.05, 4.69) is 15.3 Å². The Bertz CT molecular complexity index is 1170. The molecule has 0 aliphatic rings. The molecule has 6 heteroatoms. The summed E-state index contributed by atoms with van der Waals surface area (Å²) < 4.78 is 0. The molecule has 0 atom stereocenters. The second-order valence-corrected chi connectivity index (χ2v) is 7.00. The van der Waals surface area contributed by atoms with Gasteiger partial charge in [0.25, 0.3) is 0 Å². The fourth-order valence-corrected chi connectivity index (χ4v) is 3.53. The third kappa shape index (κ3) is 4.11. The minimum Gasteiger partial charge on any atom is -0.478 e. The smallest absolute Gasteiger partial charge is 0.338 e. The van der Waals surface area contributed by atoms with Crippen LogP contribution in [0, 0.1) is 0 Å². The van der Waals surface area contributed by atoms with Gasteiger partial charge in [0.05, 0.1) is 22.5 Å². The summed E-state index contributed by atoms with van der Waals surface area (Å²) in [5, 5.41) is 14.5. The van der Waals surface area contributed by atoms with Crippen molar-refractivity contribution in [3.63, 3.8) is 0 Å². The molecule has 29 heavy (non-hydrogen) atoms. The lowest BCUT2D eigenvalue weighted by molar-refractivity contribution is 0.0696. The van der Waals surface area contributed by atoms with Gasteiger partial charge in [-0.1, -0.05) is 48.0 Å². The molecule has 2 aromatic carbocycles. The monoisotopic (exact) mass is 403 g/mol. The first-order valence-electron chi connectivity index (χ1n) is 9.15. The topological polar surface area (TPSA) is 75.1 Å². The second-order valence-electron chi connectivity index (χ2n) is 6.57. The van der Waals surface area contributed by atoms with Crippen molar-refractivity contribution >= 4 is 28.5 Å². The molecule has 0 aliphatic carbocycles. The van der Waals surface area contributed by atoms with E-state index >= 15 is 0 Å². The lowest BCUT2D eigenvalue weighted by atomic mass is 9.94. The Hall–Kier alpha value is -3.28. The number of pyridine rings is 2. The lowest BCUT2D eigenvalue weighted by Gasteiger charge is -2.16. The molecule has 2 N–H and O–H groups in total. The van der Waals surface area contributed by atoms with Crippen molar-refractivity contribution in [2.45, 2.75) is 13.1 Å². The highest BCUT2D eigenvalue weighted by atomic mass is 35.5. The minimum absolute atomic E-state index is 0.180. The van der Waals surface area contributed by atoms with E-state index in [0.717, 1.165) is 16.6 Å². The lowest BCUT2D eigenvalue weighted by Crippen LogP contribution is -2.18. The van der Waals surface area contributed by atoms with Gasteiger partial charge in [0.2, 0.25) is 0 Å². The number of hydrogen-bond acceptors (Lipinski definition) is 4. The molecule has 0 bridgehead atoms. The molecule has 144 valence electrons. The predicted molar refractivity (Wildman–Crippen MR) is 114 cm³/mol. The summed E-state index contributed by atoms with van der Waals surface area (Å²) in [5.74, 6) is -1.02. The number of nitrogens with zero attached hydrogens (tertiary/aromatic N) is 2.